The summed E-state index contributed by atoms with van der Waals surface area (Å²) < 4.78 is 6.74. The standard InChI is InChI=1S/C65H51NO/c1-64(2)56-24-8-5-19-50(56)53-22-12-23-54(62(53)64)52-20-7-10-26-59(52)66(45-16-11-15-42(37-45)47-21-13-27-60-61(47)55-30-28-41-14-3-4-17-48(41)63(55)67-60)46-29-31-51-49-18-6-9-25-57(49)65(58(51)38-46)43-33-39-32-40(35-43)36-44(65)34-39/h3-31,37-40,43-44H,32-36H2,1-2H3. The average molecular weight is 862 g/mol. The topological polar surface area (TPSA) is 16.4 Å². The van der Waals surface area contributed by atoms with Gasteiger partial charge in [0.05, 0.1) is 5.69 Å². The van der Waals surface area contributed by atoms with E-state index in [0.717, 1.165) is 44.8 Å². The molecule has 1 spiro atoms. The Bertz CT molecular complexity index is 3690. The van der Waals surface area contributed by atoms with Crippen LogP contribution in [0.2, 0.25) is 0 Å². The second kappa shape index (κ2) is 13.7. The quantitative estimate of drug-likeness (QED) is 0.171. The molecule has 9 aromatic carbocycles. The zero-order valence-corrected chi connectivity index (χ0v) is 38.1. The van der Waals surface area contributed by atoms with E-state index < -0.39 is 0 Å². The molecule has 6 aliphatic rings. The van der Waals surface area contributed by atoms with Crippen molar-refractivity contribution in [2.75, 3.05) is 4.90 Å². The number of benzene rings is 9. The van der Waals surface area contributed by atoms with Gasteiger partial charge in [-0.15, -0.1) is 0 Å². The summed E-state index contributed by atoms with van der Waals surface area (Å²) in [6.45, 7) is 4.83. The normalized spacial score (nSPS) is 22.4. The molecule has 67 heavy (non-hydrogen) atoms. The Kier molecular flexibility index (Phi) is 7.77. The fourth-order valence-corrected chi connectivity index (χ4v) is 15.3. The first kappa shape index (κ1) is 38.0. The van der Waals surface area contributed by atoms with Crippen LogP contribution < -0.4 is 4.90 Å². The van der Waals surface area contributed by atoms with Crippen molar-refractivity contribution in [2.45, 2.75) is 56.8 Å². The number of nitrogens with zero attached hydrogens (tertiary/aromatic N) is 1. The molecule has 10 aromatic rings. The van der Waals surface area contributed by atoms with Gasteiger partial charge >= 0.3 is 0 Å². The molecule has 2 nitrogen and oxygen atoms in total. The van der Waals surface area contributed by atoms with Gasteiger partial charge in [0.1, 0.15) is 11.2 Å². The van der Waals surface area contributed by atoms with Crippen molar-refractivity contribution in [1.82, 2.24) is 0 Å². The van der Waals surface area contributed by atoms with Crippen LogP contribution in [0.3, 0.4) is 0 Å². The lowest BCUT2D eigenvalue weighted by molar-refractivity contribution is -0.0399. The Balaban J connectivity index is 0.968. The molecule has 322 valence electrons. The molecule has 0 saturated heterocycles. The molecule has 2 heteroatoms. The smallest absolute Gasteiger partial charge is 0.143 e. The third-order valence-corrected chi connectivity index (χ3v) is 17.6. The molecular weight excluding hydrogens is 811 g/mol. The largest absolute Gasteiger partial charge is 0.455 e. The van der Waals surface area contributed by atoms with Crippen molar-refractivity contribution in [3.8, 4) is 44.5 Å². The Morgan fingerprint density at radius 3 is 1.88 bits per heavy atom. The van der Waals surface area contributed by atoms with Gasteiger partial charge in [-0.2, -0.15) is 0 Å². The minimum Gasteiger partial charge on any atom is -0.455 e. The fourth-order valence-electron chi connectivity index (χ4n) is 15.3. The lowest BCUT2D eigenvalue weighted by Crippen LogP contribution is -2.55. The van der Waals surface area contributed by atoms with Crippen LogP contribution in [0.1, 0.15) is 68.2 Å². The van der Waals surface area contributed by atoms with E-state index in [9.17, 15) is 0 Å². The Labute approximate surface area is 392 Å². The summed E-state index contributed by atoms with van der Waals surface area (Å²) in [4.78, 5) is 2.60. The number of fused-ring (bicyclic) bond motifs is 11. The highest BCUT2D eigenvalue weighted by Gasteiger charge is 2.61. The van der Waals surface area contributed by atoms with Crippen LogP contribution >= 0.6 is 0 Å². The summed E-state index contributed by atoms with van der Waals surface area (Å²) in [5, 5.41) is 4.65. The number of furan rings is 1. The molecule has 0 atom stereocenters. The molecule has 6 aliphatic carbocycles. The van der Waals surface area contributed by atoms with Gasteiger partial charge in [-0.3, -0.25) is 0 Å². The molecule has 0 N–H and O–H groups in total. The predicted molar refractivity (Wildman–Crippen MR) is 278 cm³/mol. The Hall–Kier alpha value is -7.16. The van der Waals surface area contributed by atoms with Crippen LogP contribution in [0.4, 0.5) is 17.1 Å². The first-order valence-corrected chi connectivity index (χ1v) is 24.8. The van der Waals surface area contributed by atoms with E-state index >= 15 is 0 Å². The molecule has 1 heterocycles. The lowest BCUT2D eigenvalue weighted by Gasteiger charge is -2.61. The van der Waals surface area contributed by atoms with E-state index in [-0.39, 0.29) is 10.8 Å². The molecule has 0 radical (unpaired) electrons. The van der Waals surface area contributed by atoms with E-state index in [1.165, 1.54) is 104 Å². The van der Waals surface area contributed by atoms with E-state index in [1.54, 1.807) is 11.1 Å². The highest BCUT2D eigenvalue weighted by atomic mass is 16.3. The number of anilines is 3. The Morgan fingerprint density at radius 1 is 0.448 bits per heavy atom. The van der Waals surface area contributed by atoms with Crippen molar-refractivity contribution in [1.29, 1.82) is 0 Å². The predicted octanol–water partition coefficient (Wildman–Crippen LogP) is 17.6. The van der Waals surface area contributed by atoms with E-state index in [1.807, 2.05) is 0 Å². The molecule has 0 aliphatic heterocycles. The second-order valence-corrected chi connectivity index (χ2v) is 21.2. The van der Waals surface area contributed by atoms with Gasteiger partial charge in [-0.1, -0.05) is 159 Å². The highest BCUT2D eigenvalue weighted by molar-refractivity contribution is 6.19. The molecule has 4 fully saturated rings. The molecule has 16 rings (SSSR count). The number of hydrogen-bond donors (Lipinski definition) is 0. The average Bonchev–Trinajstić information content (AvgIpc) is 3.97. The maximum absolute atomic E-state index is 6.74. The summed E-state index contributed by atoms with van der Waals surface area (Å²) in [6.07, 6.45) is 6.90. The van der Waals surface area contributed by atoms with Gasteiger partial charge < -0.3 is 9.32 Å². The summed E-state index contributed by atoms with van der Waals surface area (Å²) in [6, 6.07) is 71.2. The van der Waals surface area contributed by atoms with Crippen LogP contribution in [0, 0.1) is 23.7 Å². The van der Waals surface area contributed by atoms with Gasteiger partial charge in [-0.05, 0) is 165 Å². The molecule has 0 unspecified atom stereocenters. The SMILES string of the molecule is CC1(C)c2ccccc2-c2cccc(-c3ccccc3N(c3cccc(-c4cccc5oc6c7ccccc7ccc6c45)c3)c3ccc4c(c3)C3(c5ccccc5-4)C4CC5CC(C4)CC3C5)c21. The van der Waals surface area contributed by atoms with Crippen LogP contribution in [0.5, 0.6) is 0 Å². The molecule has 1 aromatic heterocycles. The zero-order valence-electron chi connectivity index (χ0n) is 38.1. The van der Waals surface area contributed by atoms with Crippen LogP contribution in [0.25, 0.3) is 77.2 Å². The summed E-state index contributed by atoms with van der Waals surface area (Å²) in [5.74, 6) is 3.14. The number of rotatable bonds is 5. The van der Waals surface area contributed by atoms with Gasteiger partial charge in [0.2, 0.25) is 0 Å². The monoisotopic (exact) mass is 861 g/mol. The molecule has 0 amide bonds. The molecular formula is C65H51NO. The van der Waals surface area contributed by atoms with E-state index in [4.69, 9.17) is 4.42 Å². The third kappa shape index (κ3) is 5.11. The minimum atomic E-state index is -0.164. The molecule has 4 saturated carbocycles. The Morgan fingerprint density at radius 2 is 1.06 bits per heavy atom. The highest BCUT2D eigenvalue weighted by Crippen LogP contribution is 2.70. The van der Waals surface area contributed by atoms with Gasteiger partial charge in [0.15, 0.2) is 0 Å². The van der Waals surface area contributed by atoms with Crippen LogP contribution in [-0.2, 0) is 10.8 Å². The molecule has 4 bridgehead atoms. The van der Waals surface area contributed by atoms with Crippen molar-refractivity contribution >= 4 is 49.8 Å². The first-order chi connectivity index (χ1) is 32.9. The fraction of sp³-hybridized carbons (Fsp3) is 0.200. The van der Waals surface area contributed by atoms with Gasteiger partial charge in [-0.25, -0.2) is 0 Å². The minimum absolute atomic E-state index is 0.0562. The van der Waals surface area contributed by atoms with Crippen LogP contribution in [-0.4, -0.2) is 0 Å². The number of hydrogen-bond acceptors (Lipinski definition) is 2. The number of para-hydroxylation sites is 1. The first-order valence-electron chi connectivity index (χ1n) is 24.8. The van der Waals surface area contributed by atoms with E-state index in [0.29, 0.717) is 11.8 Å². The van der Waals surface area contributed by atoms with Crippen molar-refractivity contribution < 1.29 is 4.42 Å². The van der Waals surface area contributed by atoms with Crippen molar-refractivity contribution in [3.63, 3.8) is 0 Å². The van der Waals surface area contributed by atoms with Crippen molar-refractivity contribution in [3.05, 3.63) is 210 Å². The maximum atomic E-state index is 6.74. The van der Waals surface area contributed by atoms with Crippen molar-refractivity contribution in [2.24, 2.45) is 23.7 Å². The third-order valence-electron chi connectivity index (χ3n) is 17.6. The summed E-state index contributed by atoms with van der Waals surface area (Å²) >= 11 is 0. The van der Waals surface area contributed by atoms with Crippen LogP contribution in [0.15, 0.2) is 192 Å². The maximum Gasteiger partial charge on any atom is 0.143 e. The van der Waals surface area contributed by atoms with Gasteiger partial charge in [0, 0.05) is 43.9 Å². The van der Waals surface area contributed by atoms with Gasteiger partial charge in [0.25, 0.3) is 0 Å². The van der Waals surface area contributed by atoms with E-state index in [2.05, 4.69) is 207 Å². The summed E-state index contributed by atoms with van der Waals surface area (Å²) in [5.41, 5.74) is 21.8. The second-order valence-electron chi connectivity index (χ2n) is 21.2. The lowest BCUT2D eigenvalue weighted by atomic mass is 9.43. The summed E-state index contributed by atoms with van der Waals surface area (Å²) in [7, 11) is 0. The zero-order chi connectivity index (χ0) is 44.2.